The summed E-state index contributed by atoms with van der Waals surface area (Å²) in [6.45, 7) is 4.62. The molecule has 4 rings (SSSR count). The van der Waals surface area contributed by atoms with Crippen LogP contribution in [-0.4, -0.2) is 19.2 Å². The van der Waals surface area contributed by atoms with Gasteiger partial charge in [0, 0.05) is 23.9 Å². The zero-order chi connectivity index (χ0) is 20.4. The molecule has 6 nitrogen and oxygen atoms in total. The molecule has 6 heteroatoms. The van der Waals surface area contributed by atoms with Gasteiger partial charge in [0.15, 0.2) is 11.5 Å². The normalized spacial score (nSPS) is 12.3. The predicted molar refractivity (Wildman–Crippen MR) is 110 cm³/mol. The summed E-state index contributed by atoms with van der Waals surface area (Å²) in [4.78, 5) is 24.6. The Labute approximate surface area is 168 Å². The molecule has 3 aromatic rings. The first-order valence-corrected chi connectivity index (χ1v) is 9.69. The summed E-state index contributed by atoms with van der Waals surface area (Å²) in [6, 6.07) is 11.6. The third kappa shape index (κ3) is 4.11. The summed E-state index contributed by atoms with van der Waals surface area (Å²) >= 11 is 0. The number of hydrogen-bond donors (Lipinski definition) is 1. The first-order valence-electron chi connectivity index (χ1n) is 9.69. The van der Waals surface area contributed by atoms with Crippen molar-refractivity contribution in [3.05, 3.63) is 69.1 Å². The molecular weight excluding hydrogens is 370 g/mol. The van der Waals surface area contributed by atoms with Crippen LogP contribution in [0, 0.1) is 13.8 Å². The number of carbonyl (C=O) groups is 1. The molecule has 0 saturated heterocycles. The van der Waals surface area contributed by atoms with Gasteiger partial charge in [-0.25, -0.2) is 4.79 Å². The van der Waals surface area contributed by atoms with E-state index in [0.717, 1.165) is 33.6 Å². The van der Waals surface area contributed by atoms with Crippen LogP contribution in [0.25, 0.3) is 11.0 Å². The average molecular weight is 393 g/mol. The van der Waals surface area contributed by atoms with E-state index < -0.39 is 0 Å². The lowest BCUT2D eigenvalue weighted by molar-refractivity contribution is -0.121. The lowest BCUT2D eigenvalue weighted by Gasteiger charge is -2.09. The second-order valence-corrected chi connectivity index (χ2v) is 7.28. The largest absolute Gasteiger partial charge is 0.454 e. The van der Waals surface area contributed by atoms with Gasteiger partial charge in [0.25, 0.3) is 0 Å². The third-order valence-corrected chi connectivity index (χ3v) is 5.22. The van der Waals surface area contributed by atoms with Gasteiger partial charge in [-0.05, 0) is 61.6 Å². The van der Waals surface area contributed by atoms with Gasteiger partial charge in [-0.15, -0.1) is 0 Å². The predicted octanol–water partition coefficient (Wildman–Crippen LogP) is 3.43. The number of carbonyl (C=O) groups excluding carboxylic acids is 1. The minimum atomic E-state index is -0.367. The van der Waals surface area contributed by atoms with Crippen LogP contribution >= 0.6 is 0 Å². The van der Waals surface area contributed by atoms with Gasteiger partial charge in [0.05, 0.1) is 0 Å². The number of nitrogens with one attached hydrogen (secondary N) is 1. The van der Waals surface area contributed by atoms with E-state index >= 15 is 0 Å². The molecule has 1 aliphatic rings. The Kier molecular flexibility index (Phi) is 5.25. The van der Waals surface area contributed by atoms with Crippen LogP contribution in [0.4, 0.5) is 0 Å². The SMILES string of the molecule is Cc1ccc2c(C)c(CCC(=O)NCCc3ccc4c(c3)OCO4)c(=O)oc2c1. The number of benzene rings is 2. The fraction of sp³-hybridized carbons (Fsp3) is 0.304. The molecule has 0 bridgehead atoms. The summed E-state index contributed by atoms with van der Waals surface area (Å²) in [5.41, 5.74) is 3.76. The molecule has 1 aliphatic heterocycles. The molecule has 2 heterocycles. The first kappa shape index (κ1) is 19.1. The Morgan fingerprint density at radius 1 is 1.03 bits per heavy atom. The molecule has 1 amide bonds. The molecule has 1 N–H and O–H groups in total. The van der Waals surface area contributed by atoms with Crippen LogP contribution in [0.3, 0.4) is 0 Å². The number of rotatable bonds is 6. The van der Waals surface area contributed by atoms with E-state index in [0.29, 0.717) is 30.5 Å². The van der Waals surface area contributed by atoms with Gasteiger partial charge in [0.2, 0.25) is 12.7 Å². The monoisotopic (exact) mass is 393 g/mol. The summed E-state index contributed by atoms with van der Waals surface area (Å²) in [7, 11) is 0. The summed E-state index contributed by atoms with van der Waals surface area (Å²) in [5, 5.41) is 3.82. The number of amides is 1. The lowest BCUT2D eigenvalue weighted by atomic mass is 10.0. The zero-order valence-corrected chi connectivity index (χ0v) is 16.5. The smallest absolute Gasteiger partial charge is 0.339 e. The van der Waals surface area contributed by atoms with Gasteiger partial charge in [0.1, 0.15) is 5.58 Å². The van der Waals surface area contributed by atoms with Crippen LogP contribution in [0.1, 0.15) is 28.7 Å². The van der Waals surface area contributed by atoms with Crippen molar-refractivity contribution in [3.8, 4) is 11.5 Å². The maximum atomic E-state index is 12.3. The molecule has 150 valence electrons. The van der Waals surface area contributed by atoms with Gasteiger partial charge in [-0.2, -0.15) is 0 Å². The highest BCUT2D eigenvalue weighted by atomic mass is 16.7. The summed E-state index contributed by atoms with van der Waals surface area (Å²) in [5.74, 6) is 1.40. The second kappa shape index (κ2) is 7.99. The fourth-order valence-corrected chi connectivity index (χ4v) is 3.56. The van der Waals surface area contributed by atoms with Gasteiger partial charge >= 0.3 is 5.63 Å². The van der Waals surface area contributed by atoms with E-state index in [-0.39, 0.29) is 24.7 Å². The van der Waals surface area contributed by atoms with Crippen molar-refractivity contribution in [3.63, 3.8) is 0 Å². The van der Waals surface area contributed by atoms with Crippen molar-refractivity contribution in [2.75, 3.05) is 13.3 Å². The van der Waals surface area contributed by atoms with Crippen molar-refractivity contribution < 1.29 is 18.7 Å². The molecule has 0 spiro atoms. The number of fused-ring (bicyclic) bond motifs is 2. The van der Waals surface area contributed by atoms with Crippen LogP contribution < -0.4 is 20.4 Å². The molecule has 0 saturated carbocycles. The zero-order valence-electron chi connectivity index (χ0n) is 16.5. The van der Waals surface area contributed by atoms with E-state index in [1.165, 1.54) is 0 Å². The van der Waals surface area contributed by atoms with Crippen molar-refractivity contribution in [1.82, 2.24) is 5.32 Å². The Morgan fingerprint density at radius 2 is 1.86 bits per heavy atom. The number of ether oxygens (including phenoxy) is 2. The van der Waals surface area contributed by atoms with Crippen molar-refractivity contribution in [2.24, 2.45) is 0 Å². The summed E-state index contributed by atoms with van der Waals surface area (Å²) in [6.07, 6.45) is 1.29. The molecule has 0 aliphatic carbocycles. The molecule has 0 fully saturated rings. The number of aryl methyl sites for hydroxylation is 2. The molecule has 0 atom stereocenters. The van der Waals surface area contributed by atoms with E-state index in [9.17, 15) is 9.59 Å². The first-order chi connectivity index (χ1) is 14.0. The standard InChI is InChI=1S/C23H23NO5/c1-14-3-5-17-15(2)18(23(26)29-20(17)11-14)6-8-22(25)24-10-9-16-4-7-19-21(12-16)28-13-27-19/h3-5,7,11-12H,6,8-10,13H2,1-2H3,(H,24,25). The number of hydrogen-bond acceptors (Lipinski definition) is 5. The van der Waals surface area contributed by atoms with Gasteiger partial charge in [-0.3, -0.25) is 4.79 Å². The van der Waals surface area contributed by atoms with Crippen LogP contribution in [0.15, 0.2) is 45.6 Å². The highest BCUT2D eigenvalue weighted by Gasteiger charge is 2.14. The molecule has 0 radical (unpaired) electrons. The minimum Gasteiger partial charge on any atom is -0.454 e. The Bertz CT molecular complexity index is 1130. The highest BCUT2D eigenvalue weighted by Crippen LogP contribution is 2.32. The van der Waals surface area contributed by atoms with Crippen LogP contribution in [0.5, 0.6) is 11.5 Å². The Hall–Kier alpha value is -3.28. The Balaban J connectivity index is 1.34. The van der Waals surface area contributed by atoms with E-state index in [1.807, 2.05) is 50.2 Å². The molecule has 2 aromatic carbocycles. The third-order valence-electron chi connectivity index (χ3n) is 5.22. The van der Waals surface area contributed by atoms with E-state index in [1.54, 1.807) is 0 Å². The van der Waals surface area contributed by atoms with Crippen molar-refractivity contribution in [2.45, 2.75) is 33.1 Å². The summed E-state index contributed by atoms with van der Waals surface area (Å²) < 4.78 is 16.1. The highest BCUT2D eigenvalue weighted by molar-refractivity contribution is 5.82. The molecule has 0 unspecified atom stereocenters. The average Bonchev–Trinajstić information content (AvgIpc) is 3.15. The van der Waals surface area contributed by atoms with E-state index in [2.05, 4.69) is 5.32 Å². The quantitative estimate of drug-likeness (QED) is 0.649. The Morgan fingerprint density at radius 3 is 2.72 bits per heavy atom. The fourth-order valence-electron chi connectivity index (χ4n) is 3.56. The topological polar surface area (TPSA) is 77.8 Å². The van der Waals surface area contributed by atoms with Crippen LogP contribution in [0.2, 0.25) is 0 Å². The minimum absolute atomic E-state index is 0.0893. The van der Waals surface area contributed by atoms with Gasteiger partial charge in [-0.1, -0.05) is 18.2 Å². The van der Waals surface area contributed by atoms with Crippen molar-refractivity contribution >= 4 is 16.9 Å². The maximum absolute atomic E-state index is 12.3. The van der Waals surface area contributed by atoms with E-state index in [4.69, 9.17) is 13.9 Å². The lowest BCUT2D eigenvalue weighted by Crippen LogP contribution is -2.26. The molecular formula is C23H23NO5. The second-order valence-electron chi connectivity index (χ2n) is 7.28. The van der Waals surface area contributed by atoms with Crippen molar-refractivity contribution in [1.29, 1.82) is 0 Å². The molecule has 29 heavy (non-hydrogen) atoms. The maximum Gasteiger partial charge on any atom is 0.339 e. The van der Waals surface area contributed by atoms with Gasteiger partial charge < -0.3 is 19.2 Å². The van der Waals surface area contributed by atoms with Crippen LogP contribution in [-0.2, 0) is 17.6 Å². The molecule has 1 aromatic heterocycles.